The zero-order valence-corrected chi connectivity index (χ0v) is 8.73. The molecule has 1 unspecified atom stereocenters. The lowest BCUT2D eigenvalue weighted by Crippen LogP contribution is -2.38. The largest absolute Gasteiger partial charge is 0.374 e. The number of pyridine rings is 1. The van der Waals surface area contributed by atoms with Crippen LogP contribution in [0.5, 0.6) is 0 Å². The zero-order chi connectivity index (χ0) is 10.7. The van der Waals surface area contributed by atoms with Crippen molar-refractivity contribution >= 4 is 11.6 Å². The van der Waals surface area contributed by atoms with Gasteiger partial charge in [-0.3, -0.25) is 9.78 Å². The Balaban J connectivity index is 1.85. The van der Waals surface area contributed by atoms with Gasteiger partial charge in [0.25, 0.3) is 0 Å². The van der Waals surface area contributed by atoms with Gasteiger partial charge in [0.1, 0.15) is 6.04 Å². The molecule has 1 aliphatic carbocycles. The Bertz CT molecular complexity index is 335. The van der Waals surface area contributed by atoms with Gasteiger partial charge in [0.15, 0.2) is 0 Å². The smallest absolute Gasteiger partial charge is 0.242 e. The van der Waals surface area contributed by atoms with Crippen molar-refractivity contribution in [2.75, 3.05) is 5.32 Å². The molecule has 4 nitrogen and oxygen atoms in total. The van der Waals surface area contributed by atoms with Gasteiger partial charge in [0, 0.05) is 24.1 Å². The van der Waals surface area contributed by atoms with E-state index in [4.69, 9.17) is 0 Å². The van der Waals surface area contributed by atoms with E-state index in [9.17, 15) is 4.79 Å². The highest BCUT2D eigenvalue weighted by Gasteiger charge is 2.25. The predicted octanol–water partition coefficient (Wildman–Crippen LogP) is 1.16. The molecule has 1 aromatic rings. The fraction of sp³-hybridized carbons (Fsp3) is 0.455. The maximum atomic E-state index is 11.6. The third kappa shape index (κ3) is 2.94. The highest BCUT2D eigenvalue weighted by molar-refractivity contribution is 5.84. The van der Waals surface area contributed by atoms with Gasteiger partial charge in [0.05, 0.1) is 0 Å². The van der Waals surface area contributed by atoms with E-state index in [1.54, 1.807) is 12.4 Å². The quantitative estimate of drug-likeness (QED) is 0.775. The summed E-state index contributed by atoms with van der Waals surface area (Å²) >= 11 is 0. The van der Waals surface area contributed by atoms with E-state index in [0.29, 0.717) is 6.04 Å². The first-order valence-corrected chi connectivity index (χ1v) is 5.22. The van der Waals surface area contributed by atoms with Gasteiger partial charge >= 0.3 is 0 Å². The maximum Gasteiger partial charge on any atom is 0.242 e. The predicted molar refractivity (Wildman–Crippen MR) is 58.5 cm³/mol. The summed E-state index contributed by atoms with van der Waals surface area (Å²) in [5.41, 5.74) is 0.920. The van der Waals surface area contributed by atoms with Crippen LogP contribution < -0.4 is 10.6 Å². The van der Waals surface area contributed by atoms with Gasteiger partial charge < -0.3 is 10.6 Å². The molecular formula is C11H15N3O. The van der Waals surface area contributed by atoms with Gasteiger partial charge in [-0.05, 0) is 31.9 Å². The number of anilines is 1. The molecule has 2 rings (SSSR count). The Morgan fingerprint density at radius 3 is 2.73 bits per heavy atom. The van der Waals surface area contributed by atoms with E-state index in [1.165, 1.54) is 0 Å². The van der Waals surface area contributed by atoms with Crippen LogP contribution in [0.1, 0.15) is 19.8 Å². The molecule has 80 valence electrons. The molecule has 1 heterocycles. The topological polar surface area (TPSA) is 54.0 Å². The number of carbonyl (C=O) groups excluding carboxylic acids is 1. The summed E-state index contributed by atoms with van der Waals surface area (Å²) in [5, 5.41) is 6.08. The van der Waals surface area contributed by atoms with E-state index >= 15 is 0 Å². The van der Waals surface area contributed by atoms with Crippen molar-refractivity contribution in [1.29, 1.82) is 0 Å². The number of nitrogens with one attached hydrogen (secondary N) is 2. The minimum atomic E-state index is -0.201. The fourth-order valence-corrected chi connectivity index (χ4v) is 1.32. The van der Waals surface area contributed by atoms with E-state index < -0.39 is 0 Å². The number of amides is 1. The molecule has 1 atom stereocenters. The van der Waals surface area contributed by atoms with Crippen LogP contribution in [0.4, 0.5) is 5.69 Å². The maximum absolute atomic E-state index is 11.6. The third-order valence-corrected chi connectivity index (χ3v) is 2.38. The summed E-state index contributed by atoms with van der Waals surface area (Å²) < 4.78 is 0. The standard InChI is InChI=1S/C11H15N3O/c1-8(11(15)14-9-2-3-9)13-10-4-6-12-7-5-10/h4-9H,2-3H2,1H3,(H,12,13)(H,14,15). The average molecular weight is 205 g/mol. The normalized spacial score (nSPS) is 16.9. The number of nitrogens with zero attached hydrogens (tertiary/aromatic N) is 1. The van der Waals surface area contributed by atoms with Crippen LogP contribution >= 0.6 is 0 Å². The Morgan fingerprint density at radius 2 is 2.13 bits per heavy atom. The minimum absolute atomic E-state index is 0.0642. The Labute approximate surface area is 89.1 Å². The van der Waals surface area contributed by atoms with E-state index in [2.05, 4.69) is 15.6 Å². The summed E-state index contributed by atoms with van der Waals surface area (Å²) in [6, 6.07) is 3.91. The Kier molecular flexibility index (Phi) is 2.85. The minimum Gasteiger partial charge on any atom is -0.374 e. The number of hydrogen-bond donors (Lipinski definition) is 2. The molecule has 0 aromatic carbocycles. The molecule has 1 aromatic heterocycles. The second-order valence-corrected chi connectivity index (χ2v) is 3.88. The summed E-state index contributed by atoms with van der Waals surface area (Å²) in [5.74, 6) is 0.0642. The summed E-state index contributed by atoms with van der Waals surface area (Å²) in [6.07, 6.45) is 5.64. The first-order chi connectivity index (χ1) is 7.25. The van der Waals surface area contributed by atoms with Crippen molar-refractivity contribution in [3.8, 4) is 0 Å². The van der Waals surface area contributed by atoms with Crippen LogP contribution in [0.25, 0.3) is 0 Å². The van der Waals surface area contributed by atoms with E-state index in [1.807, 2.05) is 19.1 Å². The van der Waals surface area contributed by atoms with Crippen molar-refractivity contribution in [2.45, 2.75) is 31.8 Å². The van der Waals surface area contributed by atoms with Crippen molar-refractivity contribution in [2.24, 2.45) is 0 Å². The van der Waals surface area contributed by atoms with Crippen molar-refractivity contribution in [1.82, 2.24) is 10.3 Å². The molecule has 1 saturated carbocycles. The molecule has 0 spiro atoms. The van der Waals surface area contributed by atoms with Crippen LogP contribution in [-0.2, 0) is 4.79 Å². The Hall–Kier alpha value is -1.58. The number of rotatable bonds is 4. The number of aromatic nitrogens is 1. The highest BCUT2D eigenvalue weighted by Crippen LogP contribution is 2.18. The van der Waals surface area contributed by atoms with Gasteiger partial charge in [-0.1, -0.05) is 0 Å². The second kappa shape index (κ2) is 4.29. The van der Waals surface area contributed by atoms with Crippen LogP contribution in [0.3, 0.4) is 0 Å². The van der Waals surface area contributed by atoms with Crippen LogP contribution in [0.15, 0.2) is 24.5 Å². The second-order valence-electron chi connectivity index (χ2n) is 3.88. The SMILES string of the molecule is CC(Nc1ccncc1)C(=O)NC1CC1. The summed E-state index contributed by atoms with van der Waals surface area (Å²) in [4.78, 5) is 15.5. The lowest BCUT2D eigenvalue weighted by Gasteiger charge is -2.14. The molecule has 0 aliphatic heterocycles. The lowest BCUT2D eigenvalue weighted by atomic mass is 10.3. The molecule has 1 amide bonds. The van der Waals surface area contributed by atoms with Crippen molar-refractivity contribution in [3.05, 3.63) is 24.5 Å². The van der Waals surface area contributed by atoms with Crippen molar-refractivity contribution in [3.63, 3.8) is 0 Å². The Morgan fingerprint density at radius 1 is 1.47 bits per heavy atom. The molecule has 15 heavy (non-hydrogen) atoms. The highest BCUT2D eigenvalue weighted by atomic mass is 16.2. The van der Waals surface area contributed by atoms with Crippen LogP contribution in [0, 0.1) is 0 Å². The fourth-order valence-electron chi connectivity index (χ4n) is 1.32. The first kappa shape index (κ1) is 9.96. The van der Waals surface area contributed by atoms with Crippen LogP contribution in [0.2, 0.25) is 0 Å². The summed E-state index contributed by atoms with van der Waals surface area (Å²) in [6.45, 7) is 1.86. The molecule has 0 bridgehead atoms. The number of carbonyl (C=O) groups is 1. The number of hydrogen-bond acceptors (Lipinski definition) is 3. The van der Waals surface area contributed by atoms with Gasteiger partial charge in [-0.15, -0.1) is 0 Å². The monoisotopic (exact) mass is 205 g/mol. The third-order valence-electron chi connectivity index (χ3n) is 2.38. The van der Waals surface area contributed by atoms with E-state index in [0.717, 1.165) is 18.5 Å². The van der Waals surface area contributed by atoms with E-state index in [-0.39, 0.29) is 11.9 Å². The average Bonchev–Trinajstić information content (AvgIpc) is 3.03. The molecular weight excluding hydrogens is 190 g/mol. The van der Waals surface area contributed by atoms with Gasteiger partial charge in [-0.25, -0.2) is 0 Å². The zero-order valence-electron chi connectivity index (χ0n) is 8.73. The van der Waals surface area contributed by atoms with Gasteiger partial charge in [0.2, 0.25) is 5.91 Å². The van der Waals surface area contributed by atoms with Crippen LogP contribution in [-0.4, -0.2) is 23.0 Å². The van der Waals surface area contributed by atoms with Gasteiger partial charge in [-0.2, -0.15) is 0 Å². The summed E-state index contributed by atoms with van der Waals surface area (Å²) in [7, 11) is 0. The molecule has 0 radical (unpaired) electrons. The molecule has 1 aliphatic rings. The van der Waals surface area contributed by atoms with Crippen molar-refractivity contribution < 1.29 is 4.79 Å². The lowest BCUT2D eigenvalue weighted by molar-refractivity contribution is -0.121. The molecule has 1 fully saturated rings. The molecule has 2 N–H and O–H groups in total. The first-order valence-electron chi connectivity index (χ1n) is 5.22. The molecule has 0 saturated heterocycles. The molecule has 4 heteroatoms.